The molecule has 10 heteroatoms. The van der Waals surface area contributed by atoms with E-state index in [2.05, 4.69) is 20.3 Å². The smallest absolute Gasteiger partial charge is 0.345 e. The molecule has 0 bridgehead atoms. The predicted molar refractivity (Wildman–Crippen MR) is 119 cm³/mol. The van der Waals surface area contributed by atoms with Crippen molar-refractivity contribution in [2.75, 3.05) is 26.7 Å². The van der Waals surface area contributed by atoms with Crippen molar-refractivity contribution in [2.45, 2.75) is 58.0 Å². The molecule has 3 heterocycles. The van der Waals surface area contributed by atoms with Gasteiger partial charge in [-0.2, -0.15) is 5.10 Å². The van der Waals surface area contributed by atoms with Crippen LogP contribution in [0.15, 0.2) is 9.79 Å². The monoisotopic (exact) mass is 505 g/mol. The molecule has 1 unspecified atom stereocenters. The van der Waals surface area contributed by atoms with Gasteiger partial charge in [0.25, 0.3) is 0 Å². The van der Waals surface area contributed by atoms with Crippen LogP contribution in [0.3, 0.4) is 0 Å². The molecule has 9 nitrogen and oxygen atoms in total. The predicted octanol–water partition coefficient (Wildman–Crippen LogP) is 0.552. The van der Waals surface area contributed by atoms with Gasteiger partial charge in [-0.1, -0.05) is 0 Å². The highest BCUT2D eigenvalue weighted by Crippen LogP contribution is 2.19. The molecule has 0 radical (unpaired) electrons. The number of carbonyl (C=O) groups excluding carboxylic acids is 1. The molecule has 1 aromatic heterocycles. The Bertz CT molecular complexity index is 743. The second kappa shape index (κ2) is 10.8. The highest BCUT2D eigenvalue weighted by atomic mass is 127. The molecule has 3 N–H and O–H groups in total. The van der Waals surface area contributed by atoms with Crippen LogP contribution < -0.4 is 16.7 Å². The highest BCUT2D eigenvalue weighted by Gasteiger charge is 2.23. The summed E-state index contributed by atoms with van der Waals surface area (Å²) in [5.74, 6) is 1.83. The number of nitrogens with zero attached hydrogens (tertiary/aromatic N) is 5. The van der Waals surface area contributed by atoms with Gasteiger partial charge in [-0.3, -0.25) is 14.4 Å². The zero-order valence-electron chi connectivity index (χ0n) is 16.6. The Kier molecular flexibility index (Phi) is 8.77. The Balaban J connectivity index is 0.00000280. The third-order valence-electron chi connectivity index (χ3n) is 5.38. The highest BCUT2D eigenvalue weighted by molar-refractivity contribution is 14.0. The van der Waals surface area contributed by atoms with Crippen molar-refractivity contribution in [1.29, 1.82) is 0 Å². The molecule has 1 atom stereocenters. The number of likely N-dealkylation sites (tertiary alicyclic amines) is 1. The molecule has 0 saturated carbocycles. The minimum atomic E-state index is -0.238. The first-order valence-corrected chi connectivity index (χ1v) is 9.99. The summed E-state index contributed by atoms with van der Waals surface area (Å²) in [5, 5.41) is 7.84. The van der Waals surface area contributed by atoms with E-state index in [0.29, 0.717) is 18.9 Å². The molecule has 0 aromatic carbocycles. The number of nitrogens with two attached hydrogens (primary N) is 1. The molecular formula is C18H32IN7O2. The molecule has 28 heavy (non-hydrogen) atoms. The number of aromatic nitrogens is 3. The van der Waals surface area contributed by atoms with E-state index < -0.39 is 0 Å². The van der Waals surface area contributed by atoms with Gasteiger partial charge < -0.3 is 16.0 Å². The zero-order valence-corrected chi connectivity index (χ0v) is 18.9. The van der Waals surface area contributed by atoms with Crippen molar-refractivity contribution in [3.63, 3.8) is 0 Å². The first kappa shape index (κ1) is 22.7. The van der Waals surface area contributed by atoms with Gasteiger partial charge in [-0.05, 0) is 38.0 Å². The van der Waals surface area contributed by atoms with Crippen molar-refractivity contribution in [1.82, 2.24) is 24.6 Å². The van der Waals surface area contributed by atoms with Crippen molar-refractivity contribution in [3.8, 4) is 0 Å². The largest absolute Gasteiger partial charge is 0.370 e. The average Bonchev–Trinajstić information content (AvgIpc) is 2.98. The van der Waals surface area contributed by atoms with Gasteiger partial charge in [0.05, 0.1) is 0 Å². The van der Waals surface area contributed by atoms with E-state index >= 15 is 0 Å². The third kappa shape index (κ3) is 5.71. The van der Waals surface area contributed by atoms with E-state index in [1.54, 1.807) is 11.7 Å². The summed E-state index contributed by atoms with van der Waals surface area (Å²) in [6.45, 7) is 3.85. The summed E-state index contributed by atoms with van der Waals surface area (Å²) in [5.41, 5.74) is 5.35. The minimum Gasteiger partial charge on any atom is -0.370 e. The standard InChI is InChI=1S/C18H31N7O2.HI/c1-20-17(23-9-4-6-14(13-23)12-15(19)26)21-8-5-11-25-18(27)24-10-3-2-7-16(24)22-25;/h14H,2-13H2,1H3,(H2,19,26)(H,20,21);1H. The quantitative estimate of drug-likeness (QED) is 0.254. The second-order valence-electron chi connectivity index (χ2n) is 7.48. The Morgan fingerprint density at radius 1 is 1.32 bits per heavy atom. The fraction of sp³-hybridized carbons (Fsp3) is 0.778. The number of aryl methyl sites for hydroxylation is 2. The number of nitrogens with one attached hydrogen (secondary N) is 1. The molecule has 1 saturated heterocycles. The van der Waals surface area contributed by atoms with Crippen LogP contribution in [0.4, 0.5) is 0 Å². The number of guanidine groups is 1. The summed E-state index contributed by atoms with van der Waals surface area (Å²) in [4.78, 5) is 30.1. The first-order chi connectivity index (χ1) is 13.1. The number of hydrogen-bond acceptors (Lipinski definition) is 4. The van der Waals surface area contributed by atoms with Crippen molar-refractivity contribution >= 4 is 35.8 Å². The van der Waals surface area contributed by atoms with Gasteiger partial charge in [-0.25, -0.2) is 9.48 Å². The van der Waals surface area contributed by atoms with E-state index in [9.17, 15) is 9.59 Å². The number of primary amides is 1. The van der Waals surface area contributed by atoms with Crippen molar-refractivity contribution in [2.24, 2.45) is 16.6 Å². The summed E-state index contributed by atoms with van der Waals surface area (Å²) in [6.07, 6.45) is 6.37. The molecule has 1 fully saturated rings. The lowest BCUT2D eigenvalue weighted by Gasteiger charge is -2.34. The fourth-order valence-electron chi connectivity index (χ4n) is 4.06. The summed E-state index contributed by atoms with van der Waals surface area (Å²) in [7, 11) is 1.77. The Morgan fingerprint density at radius 2 is 2.14 bits per heavy atom. The van der Waals surface area contributed by atoms with Crippen LogP contribution in [0, 0.1) is 5.92 Å². The average molecular weight is 505 g/mol. The van der Waals surface area contributed by atoms with Crippen LogP contribution in [-0.2, 0) is 24.3 Å². The first-order valence-electron chi connectivity index (χ1n) is 9.99. The van der Waals surface area contributed by atoms with Gasteiger partial charge in [0.15, 0.2) is 5.96 Å². The SMILES string of the molecule is CN=C(NCCCn1nc2n(c1=O)CCCC2)N1CCCC(CC(N)=O)C1.I. The minimum absolute atomic E-state index is 0. The molecule has 1 amide bonds. The molecular weight excluding hydrogens is 473 g/mol. The lowest BCUT2D eigenvalue weighted by molar-refractivity contribution is -0.119. The third-order valence-corrected chi connectivity index (χ3v) is 5.38. The van der Waals surface area contributed by atoms with E-state index in [4.69, 9.17) is 5.73 Å². The van der Waals surface area contributed by atoms with Crippen LogP contribution in [0.2, 0.25) is 0 Å². The van der Waals surface area contributed by atoms with Crippen LogP contribution >= 0.6 is 24.0 Å². The number of hydrogen-bond donors (Lipinski definition) is 2. The van der Waals surface area contributed by atoms with Crippen LogP contribution in [0.25, 0.3) is 0 Å². The molecule has 0 spiro atoms. The second-order valence-corrected chi connectivity index (χ2v) is 7.48. The van der Waals surface area contributed by atoms with Gasteiger partial charge in [0, 0.05) is 52.6 Å². The van der Waals surface area contributed by atoms with Crippen LogP contribution in [0.5, 0.6) is 0 Å². The topological polar surface area (TPSA) is 111 Å². The van der Waals surface area contributed by atoms with Crippen molar-refractivity contribution in [3.05, 3.63) is 16.3 Å². The molecule has 2 aliphatic heterocycles. The van der Waals surface area contributed by atoms with E-state index in [1.807, 2.05) is 4.57 Å². The van der Waals surface area contributed by atoms with Gasteiger partial charge in [0.1, 0.15) is 5.82 Å². The van der Waals surface area contributed by atoms with Gasteiger partial charge in [-0.15, -0.1) is 24.0 Å². The Hall–Kier alpha value is -1.59. The van der Waals surface area contributed by atoms with Crippen molar-refractivity contribution < 1.29 is 4.79 Å². The van der Waals surface area contributed by atoms with Crippen LogP contribution in [0.1, 0.15) is 44.3 Å². The zero-order chi connectivity index (χ0) is 19.2. The summed E-state index contributed by atoms with van der Waals surface area (Å²) >= 11 is 0. The molecule has 1 aromatic rings. The lowest BCUT2D eigenvalue weighted by atomic mass is 9.95. The number of aliphatic imine (C=N–C) groups is 1. The normalized spacial score (nSPS) is 19.7. The maximum atomic E-state index is 12.3. The Labute approximate surface area is 182 Å². The maximum absolute atomic E-state index is 12.3. The number of piperidine rings is 1. The maximum Gasteiger partial charge on any atom is 0.345 e. The number of amides is 1. The number of halogens is 1. The van der Waals surface area contributed by atoms with E-state index in [0.717, 1.165) is 76.5 Å². The van der Waals surface area contributed by atoms with E-state index in [1.165, 1.54) is 0 Å². The summed E-state index contributed by atoms with van der Waals surface area (Å²) in [6, 6.07) is 0. The summed E-state index contributed by atoms with van der Waals surface area (Å²) < 4.78 is 3.40. The fourth-order valence-corrected chi connectivity index (χ4v) is 4.06. The molecule has 3 rings (SSSR count). The van der Waals surface area contributed by atoms with Gasteiger partial charge >= 0.3 is 5.69 Å². The lowest BCUT2D eigenvalue weighted by Crippen LogP contribution is -2.47. The molecule has 2 aliphatic rings. The van der Waals surface area contributed by atoms with E-state index in [-0.39, 0.29) is 35.6 Å². The van der Waals surface area contributed by atoms with Gasteiger partial charge in [0.2, 0.25) is 5.91 Å². The molecule has 158 valence electrons. The Morgan fingerprint density at radius 3 is 2.86 bits per heavy atom. The molecule has 0 aliphatic carbocycles. The number of fused-ring (bicyclic) bond motifs is 1. The number of carbonyl (C=O) groups is 1. The number of rotatable bonds is 6. The van der Waals surface area contributed by atoms with Crippen LogP contribution in [-0.4, -0.2) is 57.8 Å².